The first-order valence-corrected chi connectivity index (χ1v) is 7.25. The number of carbonyl (C=O) groups is 1. The third kappa shape index (κ3) is 4.01. The number of aromatic nitrogens is 3. The Bertz CT molecular complexity index is 460. The molecule has 4 nitrogen and oxygen atoms in total. The lowest BCUT2D eigenvalue weighted by atomic mass is 10.0. The van der Waals surface area contributed by atoms with E-state index >= 15 is 0 Å². The molecule has 0 saturated carbocycles. The van der Waals surface area contributed by atoms with Crippen LogP contribution in [0.3, 0.4) is 0 Å². The van der Waals surface area contributed by atoms with Gasteiger partial charge in [0.05, 0.1) is 6.42 Å². The number of hydrogen-bond donors (Lipinski definition) is 0. The molecule has 0 aromatic carbocycles. The van der Waals surface area contributed by atoms with Crippen LogP contribution in [0.1, 0.15) is 51.8 Å². The number of nitrogens with zero attached hydrogens (tertiary/aromatic N) is 3. The summed E-state index contributed by atoms with van der Waals surface area (Å²) in [6, 6.07) is 0. The normalized spacial score (nSPS) is 16.3. The molecule has 0 bridgehead atoms. The van der Waals surface area contributed by atoms with Crippen LogP contribution in [-0.2, 0) is 17.8 Å². The molecule has 0 amide bonds. The summed E-state index contributed by atoms with van der Waals surface area (Å²) in [4.78, 5) is 16.5. The molecule has 1 aromatic heterocycles. The van der Waals surface area contributed by atoms with Crippen molar-refractivity contribution in [2.24, 2.45) is 5.92 Å². The van der Waals surface area contributed by atoms with E-state index in [1.54, 1.807) is 6.33 Å². The molecule has 0 fully saturated rings. The van der Waals surface area contributed by atoms with Crippen molar-refractivity contribution in [3.05, 3.63) is 23.8 Å². The molecular formula is C15H23N3O. The van der Waals surface area contributed by atoms with Gasteiger partial charge in [-0.15, -0.1) is 0 Å². The zero-order valence-electron chi connectivity index (χ0n) is 11.9. The van der Waals surface area contributed by atoms with E-state index in [4.69, 9.17) is 0 Å². The fraction of sp³-hybridized carbons (Fsp3) is 0.667. The van der Waals surface area contributed by atoms with Crippen LogP contribution in [0.25, 0.3) is 0 Å². The molecule has 104 valence electrons. The van der Waals surface area contributed by atoms with E-state index in [1.807, 2.05) is 4.68 Å². The van der Waals surface area contributed by atoms with Crippen molar-refractivity contribution in [2.45, 2.75) is 58.9 Å². The molecule has 4 heteroatoms. The van der Waals surface area contributed by atoms with Crippen molar-refractivity contribution in [3.63, 3.8) is 0 Å². The largest absolute Gasteiger partial charge is 0.294 e. The standard InChI is InChI=1S/C15H23N3O/c1-12(2)10-18-15(16-11-17-18)9-14(19)13-7-5-3-4-6-8-13/h7,11-12H,3-6,8-10H2,1-2H3. The average Bonchev–Trinajstić information content (AvgIpc) is 2.65. The summed E-state index contributed by atoms with van der Waals surface area (Å²) >= 11 is 0. The number of carbonyl (C=O) groups excluding carboxylic acids is 1. The lowest BCUT2D eigenvalue weighted by Crippen LogP contribution is -2.15. The molecule has 0 N–H and O–H groups in total. The molecule has 0 saturated heterocycles. The van der Waals surface area contributed by atoms with Gasteiger partial charge in [-0.3, -0.25) is 4.79 Å². The van der Waals surface area contributed by atoms with Gasteiger partial charge in [-0.05, 0) is 37.2 Å². The maximum absolute atomic E-state index is 12.3. The first-order chi connectivity index (χ1) is 9.16. The Kier molecular flexibility index (Phi) is 4.88. The van der Waals surface area contributed by atoms with Gasteiger partial charge in [-0.25, -0.2) is 9.67 Å². The van der Waals surface area contributed by atoms with Gasteiger partial charge in [-0.2, -0.15) is 5.10 Å². The van der Waals surface area contributed by atoms with Crippen molar-refractivity contribution >= 4 is 5.78 Å². The van der Waals surface area contributed by atoms with Gasteiger partial charge in [0.25, 0.3) is 0 Å². The minimum Gasteiger partial charge on any atom is -0.294 e. The van der Waals surface area contributed by atoms with Gasteiger partial charge in [-0.1, -0.05) is 26.3 Å². The Morgan fingerprint density at radius 2 is 2.21 bits per heavy atom. The van der Waals surface area contributed by atoms with E-state index in [9.17, 15) is 4.79 Å². The summed E-state index contributed by atoms with van der Waals surface area (Å²) in [6.45, 7) is 5.10. The summed E-state index contributed by atoms with van der Waals surface area (Å²) < 4.78 is 1.86. The van der Waals surface area contributed by atoms with Crippen LogP contribution in [0.15, 0.2) is 18.0 Å². The molecule has 1 aromatic rings. The van der Waals surface area contributed by atoms with Crippen molar-refractivity contribution in [2.75, 3.05) is 0 Å². The molecule has 0 aliphatic heterocycles. The number of ketones is 1. The van der Waals surface area contributed by atoms with Gasteiger partial charge >= 0.3 is 0 Å². The van der Waals surface area contributed by atoms with E-state index < -0.39 is 0 Å². The average molecular weight is 261 g/mol. The van der Waals surface area contributed by atoms with Gasteiger partial charge in [0, 0.05) is 6.54 Å². The maximum Gasteiger partial charge on any atom is 0.166 e. The summed E-state index contributed by atoms with van der Waals surface area (Å²) in [6.07, 6.45) is 9.60. The SMILES string of the molecule is CC(C)Cn1ncnc1CC(=O)C1=CCCCCC1. The third-order valence-electron chi connectivity index (χ3n) is 3.45. The number of Topliss-reactive ketones (excluding diaryl/α,β-unsaturated/α-hetero) is 1. The van der Waals surface area contributed by atoms with E-state index in [0.29, 0.717) is 12.3 Å². The van der Waals surface area contributed by atoms with Crippen molar-refractivity contribution in [1.29, 1.82) is 0 Å². The second-order valence-electron chi connectivity index (χ2n) is 5.68. The van der Waals surface area contributed by atoms with Gasteiger partial charge in [0.15, 0.2) is 5.78 Å². The molecule has 0 spiro atoms. The van der Waals surface area contributed by atoms with Crippen LogP contribution in [0, 0.1) is 5.92 Å². The number of allylic oxidation sites excluding steroid dienone is 2. The van der Waals surface area contributed by atoms with Crippen molar-refractivity contribution < 1.29 is 4.79 Å². The van der Waals surface area contributed by atoms with Gasteiger partial charge < -0.3 is 0 Å². The molecule has 0 radical (unpaired) electrons. The van der Waals surface area contributed by atoms with Crippen LogP contribution < -0.4 is 0 Å². The zero-order chi connectivity index (χ0) is 13.7. The second kappa shape index (κ2) is 6.64. The molecule has 19 heavy (non-hydrogen) atoms. The predicted octanol–water partition coefficient (Wildman–Crippen LogP) is 2.94. The highest BCUT2D eigenvalue weighted by atomic mass is 16.1. The topological polar surface area (TPSA) is 47.8 Å². The minimum atomic E-state index is 0.222. The number of hydrogen-bond acceptors (Lipinski definition) is 3. The van der Waals surface area contributed by atoms with Gasteiger partial charge in [0.2, 0.25) is 0 Å². The fourth-order valence-corrected chi connectivity index (χ4v) is 2.45. The lowest BCUT2D eigenvalue weighted by molar-refractivity contribution is -0.115. The molecule has 0 atom stereocenters. The van der Waals surface area contributed by atoms with Crippen LogP contribution in [0.5, 0.6) is 0 Å². The number of rotatable bonds is 5. The Morgan fingerprint density at radius 3 is 3.00 bits per heavy atom. The van der Waals surface area contributed by atoms with Crippen LogP contribution in [-0.4, -0.2) is 20.5 Å². The molecule has 1 aliphatic rings. The summed E-state index contributed by atoms with van der Waals surface area (Å²) in [5, 5.41) is 4.21. The summed E-state index contributed by atoms with van der Waals surface area (Å²) in [5.41, 5.74) is 0.997. The first-order valence-electron chi connectivity index (χ1n) is 7.25. The monoisotopic (exact) mass is 261 g/mol. The van der Waals surface area contributed by atoms with E-state index in [0.717, 1.165) is 37.2 Å². The lowest BCUT2D eigenvalue weighted by Gasteiger charge is -2.09. The van der Waals surface area contributed by atoms with Gasteiger partial charge in [0.1, 0.15) is 12.2 Å². The molecule has 0 unspecified atom stereocenters. The van der Waals surface area contributed by atoms with E-state index in [-0.39, 0.29) is 5.78 Å². The summed E-state index contributed by atoms with van der Waals surface area (Å²) in [5.74, 6) is 1.52. The highest BCUT2D eigenvalue weighted by molar-refractivity contribution is 5.96. The molecular weight excluding hydrogens is 238 g/mol. The highest BCUT2D eigenvalue weighted by Gasteiger charge is 2.15. The predicted molar refractivity (Wildman–Crippen MR) is 74.7 cm³/mol. The first kappa shape index (κ1) is 14.0. The minimum absolute atomic E-state index is 0.222. The van der Waals surface area contributed by atoms with Crippen LogP contribution in [0.4, 0.5) is 0 Å². The Labute approximate surface area is 114 Å². The Hall–Kier alpha value is -1.45. The van der Waals surface area contributed by atoms with Crippen molar-refractivity contribution in [1.82, 2.24) is 14.8 Å². The summed E-state index contributed by atoms with van der Waals surface area (Å²) in [7, 11) is 0. The van der Waals surface area contributed by atoms with Crippen LogP contribution >= 0.6 is 0 Å². The van der Waals surface area contributed by atoms with Crippen molar-refractivity contribution in [3.8, 4) is 0 Å². The van der Waals surface area contributed by atoms with E-state index in [2.05, 4.69) is 30.0 Å². The Balaban J connectivity index is 2.02. The second-order valence-corrected chi connectivity index (χ2v) is 5.68. The zero-order valence-corrected chi connectivity index (χ0v) is 11.9. The third-order valence-corrected chi connectivity index (χ3v) is 3.45. The quantitative estimate of drug-likeness (QED) is 0.818. The maximum atomic E-state index is 12.3. The Morgan fingerprint density at radius 1 is 1.37 bits per heavy atom. The fourth-order valence-electron chi connectivity index (χ4n) is 2.45. The molecule has 1 heterocycles. The molecule has 1 aliphatic carbocycles. The van der Waals surface area contributed by atoms with Crippen LogP contribution in [0.2, 0.25) is 0 Å². The van der Waals surface area contributed by atoms with E-state index in [1.165, 1.54) is 12.8 Å². The molecule has 2 rings (SSSR count). The smallest absolute Gasteiger partial charge is 0.166 e. The highest BCUT2D eigenvalue weighted by Crippen LogP contribution is 2.19.